The molecule has 134 valence electrons. The minimum Gasteiger partial charge on any atom is -0.741 e. The van der Waals surface area contributed by atoms with Crippen molar-refractivity contribution in [3.8, 4) is 0 Å². The summed E-state index contributed by atoms with van der Waals surface area (Å²) < 4.78 is 62.4. The molecule has 10 nitrogen and oxygen atoms in total. The zero-order chi connectivity index (χ0) is 18.6. The van der Waals surface area contributed by atoms with Gasteiger partial charge in [0.2, 0.25) is 0 Å². The largest absolute Gasteiger partial charge is 0.741 e. The molecule has 0 aliphatic carbocycles. The Morgan fingerprint density at radius 3 is 2.04 bits per heavy atom. The summed E-state index contributed by atoms with van der Waals surface area (Å²) in [6.45, 7) is 4.08. The van der Waals surface area contributed by atoms with Crippen LogP contribution in [0, 0.1) is 0 Å². The normalized spacial score (nSPS) is 13.0. The first-order chi connectivity index (χ1) is 10.2. The van der Waals surface area contributed by atoms with Gasteiger partial charge in [-0.2, -0.15) is 18.3 Å². The van der Waals surface area contributed by atoms with Crippen molar-refractivity contribution in [2.45, 2.75) is 24.9 Å². The van der Waals surface area contributed by atoms with Gasteiger partial charge in [0, 0.05) is 7.05 Å². The average Bonchev–Trinajstić information content (AvgIpc) is 2.68. The van der Waals surface area contributed by atoms with E-state index in [4.69, 9.17) is 13.0 Å². The van der Waals surface area contributed by atoms with Gasteiger partial charge in [-0.25, -0.2) is 8.42 Å². The predicted octanol–water partition coefficient (Wildman–Crippen LogP) is -0.145. The lowest BCUT2D eigenvalue weighted by Crippen LogP contribution is -2.48. The van der Waals surface area contributed by atoms with Gasteiger partial charge < -0.3 is 4.55 Å². The molecule has 1 rings (SSSR count). The van der Waals surface area contributed by atoms with Gasteiger partial charge in [0.1, 0.15) is 10.8 Å². The summed E-state index contributed by atoms with van der Waals surface area (Å²) in [4.78, 5) is 0. The fourth-order valence-electron chi connectivity index (χ4n) is 1.60. The van der Waals surface area contributed by atoms with Crippen LogP contribution in [0.1, 0.15) is 19.7 Å². The average molecular weight is 361 g/mol. The van der Waals surface area contributed by atoms with Gasteiger partial charge in [-0.05, 0) is 13.8 Å². The molecule has 0 saturated heterocycles. The molecule has 1 aromatic rings. The van der Waals surface area contributed by atoms with Gasteiger partial charge in [-0.3, -0.25) is 5.01 Å². The van der Waals surface area contributed by atoms with Crippen LogP contribution in [0.4, 0.5) is 13.2 Å². The zero-order valence-electron chi connectivity index (χ0n) is 13.4. The number of halogens is 3. The highest BCUT2D eigenvalue weighted by Gasteiger charge is 2.38. The molecular weight excluding hydrogens is 343 g/mol. The van der Waals surface area contributed by atoms with Crippen molar-refractivity contribution in [2.75, 3.05) is 14.1 Å². The third-order valence-electron chi connectivity index (χ3n) is 2.78. The molecule has 0 aromatic carbocycles. The van der Waals surface area contributed by atoms with Crippen molar-refractivity contribution in [3.63, 3.8) is 0 Å². The Morgan fingerprint density at radius 1 is 1.35 bits per heavy atom. The molecule has 0 aliphatic rings. The standard InChI is InChI=1S/C8H18N7.CHF3O3S/c1-8(2,15(6)10-9-3)7-13(4)11-12-14(7)5;2-1(3,4)8(5,6)7/h1-6H3;(H,5,6,7)/q+1;/p-1. The number of rotatable bonds is 3. The minimum atomic E-state index is -6.09. The lowest BCUT2D eigenvalue weighted by Gasteiger charge is -2.28. The molecule has 23 heavy (non-hydrogen) atoms. The maximum absolute atomic E-state index is 10.7. The zero-order valence-corrected chi connectivity index (χ0v) is 14.2. The van der Waals surface area contributed by atoms with Crippen LogP contribution in [0.5, 0.6) is 0 Å². The lowest BCUT2D eigenvalue weighted by atomic mass is 10.0. The molecule has 1 aromatic heterocycles. The molecule has 0 fully saturated rings. The lowest BCUT2D eigenvalue weighted by molar-refractivity contribution is -0.743. The van der Waals surface area contributed by atoms with E-state index in [0.717, 1.165) is 5.82 Å². The predicted molar refractivity (Wildman–Crippen MR) is 69.5 cm³/mol. The van der Waals surface area contributed by atoms with E-state index in [9.17, 15) is 13.2 Å². The molecule has 0 amide bonds. The number of nitrogens with zero attached hydrogens (tertiary/aromatic N) is 7. The molecular formula is C9H18F3N7O3S. The van der Waals surface area contributed by atoms with Crippen LogP contribution in [0.3, 0.4) is 0 Å². The Bertz CT molecular complexity index is 634. The van der Waals surface area contributed by atoms with Gasteiger partial charge in [0.05, 0.1) is 21.1 Å². The first-order valence-electron chi connectivity index (χ1n) is 5.98. The highest BCUT2D eigenvalue weighted by molar-refractivity contribution is 7.86. The summed E-state index contributed by atoms with van der Waals surface area (Å²) in [6.07, 6.45) is 0. The van der Waals surface area contributed by atoms with Crippen LogP contribution < -0.4 is 4.68 Å². The fraction of sp³-hybridized carbons (Fsp3) is 0.889. The van der Waals surface area contributed by atoms with Gasteiger partial charge in [-0.15, -0.1) is 4.68 Å². The Hall–Kier alpha value is -1.83. The van der Waals surface area contributed by atoms with Gasteiger partial charge in [0.15, 0.2) is 15.3 Å². The molecule has 14 heteroatoms. The van der Waals surface area contributed by atoms with E-state index in [1.165, 1.54) is 0 Å². The smallest absolute Gasteiger partial charge is 0.485 e. The molecule has 0 bridgehead atoms. The van der Waals surface area contributed by atoms with Crippen molar-refractivity contribution < 1.29 is 30.8 Å². The van der Waals surface area contributed by atoms with E-state index >= 15 is 0 Å². The molecule has 0 radical (unpaired) electrons. The molecule has 0 unspecified atom stereocenters. The van der Waals surface area contributed by atoms with Crippen LogP contribution in [0.2, 0.25) is 0 Å². The molecule has 0 spiro atoms. The topological polar surface area (TPSA) is 120 Å². The number of aryl methyl sites for hydroxylation is 2. The van der Waals surface area contributed by atoms with E-state index in [1.54, 1.807) is 21.4 Å². The van der Waals surface area contributed by atoms with Crippen molar-refractivity contribution >= 4 is 10.1 Å². The summed E-state index contributed by atoms with van der Waals surface area (Å²) in [5, 5.41) is 17.5. The third kappa shape index (κ3) is 5.38. The van der Waals surface area contributed by atoms with E-state index in [-0.39, 0.29) is 5.54 Å². The van der Waals surface area contributed by atoms with Gasteiger partial charge in [-0.1, -0.05) is 9.91 Å². The van der Waals surface area contributed by atoms with E-state index < -0.39 is 15.6 Å². The van der Waals surface area contributed by atoms with Crippen LogP contribution in [-0.2, 0) is 29.8 Å². The second-order valence-electron chi connectivity index (χ2n) is 4.82. The maximum Gasteiger partial charge on any atom is 0.485 e. The Morgan fingerprint density at radius 2 is 1.78 bits per heavy atom. The molecule has 0 N–H and O–H groups in total. The number of aromatic nitrogens is 4. The second-order valence-corrected chi connectivity index (χ2v) is 6.19. The van der Waals surface area contributed by atoms with Crippen molar-refractivity contribution in [3.05, 3.63) is 5.82 Å². The van der Waals surface area contributed by atoms with Crippen LogP contribution >= 0.6 is 0 Å². The Labute approximate surface area is 131 Å². The summed E-state index contributed by atoms with van der Waals surface area (Å²) in [6, 6.07) is 0. The van der Waals surface area contributed by atoms with Gasteiger partial charge in [0.25, 0.3) is 5.82 Å². The van der Waals surface area contributed by atoms with Gasteiger partial charge >= 0.3 is 5.51 Å². The first kappa shape index (κ1) is 21.2. The summed E-state index contributed by atoms with van der Waals surface area (Å²) >= 11 is 0. The quantitative estimate of drug-likeness (QED) is 0.243. The number of tetrazole rings is 1. The highest BCUT2D eigenvalue weighted by atomic mass is 32.2. The summed E-state index contributed by atoms with van der Waals surface area (Å²) in [5.41, 5.74) is -5.96. The fourth-order valence-corrected chi connectivity index (χ4v) is 1.60. The highest BCUT2D eigenvalue weighted by Crippen LogP contribution is 2.22. The van der Waals surface area contributed by atoms with Crippen molar-refractivity contribution in [2.24, 2.45) is 24.4 Å². The Kier molecular flexibility index (Phi) is 6.59. The van der Waals surface area contributed by atoms with Crippen LogP contribution in [0.15, 0.2) is 10.3 Å². The second kappa shape index (κ2) is 7.16. The molecule has 0 atom stereocenters. The van der Waals surface area contributed by atoms with E-state index in [0.29, 0.717) is 0 Å². The molecule has 0 aliphatic heterocycles. The van der Waals surface area contributed by atoms with E-state index in [1.807, 2.05) is 35.0 Å². The number of hydrogen-bond acceptors (Lipinski definition) is 7. The minimum absolute atomic E-state index is 0.313. The third-order valence-corrected chi connectivity index (χ3v) is 3.35. The maximum atomic E-state index is 10.7. The van der Waals surface area contributed by atoms with Crippen LogP contribution in [0.25, 0.3) is 0 Å². The number of hydrogen-bond donors (Lipinski definition) is 0. The van der Waals surface area contributed by atoms with Crippen LogP contribution in [-0.4, -0.2) is 52.7 Å². The molecule has 0 saturated carbocycles. The summed E-state index contributed by atoms with van der Waals surface area (Å²) in [7, 11) is 1.16. The first-order valence-corrected chi connectivity index (χ1v) is 7.39. The molecule has 1 heterocycles. The van der Waals surface area contributed by atoms with Crippen molar-refractivity contribution in [1.82, 2.24) is 20.1 Å². The SMILES string of the molecule is CN=NN(C)C(C)(C)c1n(C)nn[n+]1C.O=S(=O)([O-])C(F)(F)F. The summed E-state index contributed by atoms with van der Waals surface area (Å²) in [5.74, 6) is 0.956. The number of alkyl halides is 3. The van der Waals surface area contributed by atoms with Crippen molar-refractivity contribution in [1.29, 1.82) is 0 Å². The Balaban J connectivity index is 0.000000515. The monoisotopic (exact) mass is 361 g/mol. The van der Waals surface area contributed by atoms with E-state index in [2.05, 4.69) is 20.8 Å².